The fraction of sp³-hybridized carbons (Fsp3) is 0.440. The fourth-order valence-corrected chi connectivity index (χ4v) is 3.51. The number of aliphatic hydroxyl groups excluding tert-OH is 1. The molecule has 0 radical (unpaired) electrons. The van der Waals surface area contributed by atoms with E-state index < -0.39 is 0 Å². The Labute approximate surface area is 185 Å². The van der Waals surface area contributed by atoms with Crippen LogP contribution in [-0.4, -0.2) is 65.5 Å². The van der Waals surface area contributed by atoms with Gasteiger partial charge in [-0.2, -0.15) is 0 Å². The molecule has 0 aliphatic carbocycles. The first kappa shape index (κ1) is 24.6. The lowest BCUT2D eigenvalue weighted by atomic mass is 9.96. The van der Waals surface area contributed by atoms with Crippen LogP contribution in [0.3, 0.4) is 0 Å². The van der Waals surface area contributed by atoms with Crippen LogP contribution in [0.5, 0.6) is 0 Å². The smallest absolute Gasteiger partial charge is 0.240 e. The molecule has 2 amide bonds. The van der Waals surface area contributed by atoms with Crippen LogP contribution in [0.1, 0.15) is 44.4 Å². The summed E-state index contributed by atoms with van der Waals surface area (Å²) in [5, 5.41) is 12.3. The van der Waals surface area contributed by atoms with Gasteiger partial charge in [0.2, 0.25) is 11.8 Å². The second-order valence-corrected chi connectivity index (χ2v) is 8.82. The van der Waals surface area contributed by atoms with Gasteiger partial charge in [0, 0.05) is 25.7 Å². The lowest BCUT2D eigenvalue weighted by molar-refractivity contribution is -0.136. The molecule has 2 aromatic carbocycles. The highest BCUT2D eigenvalue weighted by molar-refractivity contribution is 5.85. The van der Waals surface area contributed by atoms with E-state index in [9.17, 15) is 14.7 Å². The number of hydrogen-bond acceptors (Lipinski definition) is 4. The Bertz CT molecular complexity index is 779. The number of carbonyl (C=O) groups is 2. The SMILES string of the molecule is CN(CC(=O)NC(C)(C)C)C(=O)CN(CCCO)C(c1ccccc1)c1ccccc1. The molecule has 0 spiro atoms. The second-order valence-electron chi connectivity index (χ2n) is 8.82. The zero-order valence-corrected chi connectivity index (χ0v) is 19.0. The van der Waals surface area contributed by atoms with Crippen molar-refractivity contribution < 1.29 is 14.7 Å². The van der Waals surface area contributed by atoms with Gasteiger partial charge in [0.05, 0.1) is 19.1 Å². The molecular weight excluding hydrogens is 390 g/mol. The fourth-order valence-electron chi connectivity index (χ4n) is 3.51. The summed E-state index contributed by atoms with van der Waals surface area (Å²) >= 11 is 0. The lowest BCUT2D eigenvalue weighted by Crippen LogP contribution is -2.48. The van der Waals surface area contributed by atoms with Gasteiger partial charge in [-0.05, 0) is 38.3 Å². The Balaban J connectivity index is 2.23. The van der Waals surface area contributed by atoms with Gasteiger partial charge in [0.15, 0.2) is 0 Å². The number of aliphatic hydroxyl groups is 1. The Morgan fingerprint density at radius 3 is 1.90 bits per heavy atom. The summed E-state index contributed by atoms with van der Waals surface area (Å²) in [6.45, 7) is 6.48. The van der Waals surface area contributed by atoms with Gasteiger partial charge in [-0.15, -0.1) is 0 Å². The normalized spacial score (nSPS) is 11.6. The minimum Gasteiger partial charge on any atom is -0.396 e. The quantitative estimate of drug-likeness (QED) is 0.614. The highest BCUT2D eigenvalue weighted by Crippen LogP contribution is 2.28. The largest absolute Gasteiger partial charge is 0.396 e. The number of amides is 2. The predicted molar refractivity (Wildman–Crippen MR) is 124 cm³/mol. The summed E-state index contributed by atoms with van der Waals surface area (Å²) < 4.78 is 0. The summed E-state index contributed by atoms with van der Waals surface area (Å²) in [6.07, 6.45) is 0.553. The van der Waals surface area contributed by atoms with Gasteiger partial charge in [0.1, 0.15) is 0 Å². The number of hydrogen-bond donors (Lipinski definition) is 2. The molecule has 0 unspecified atom stereocenters. The first-order valence-corrected chi connectivity index (χ1v) is 10.7. The van der Waals surface area contributed by atoms with Crippen LogP contribution in [0.25, 0.3) is 0 Å². The molecular formula is C25H35N3O3. The molecule has 31 heavy (non-hydrogen) atoms. The zero-order valence-electron chi connectivity index (χ0n) is 19.0. The van der Waals surface area contributed by atoms with Crippen LogP contribution in [0.4, 0.5) is 0 Å². The number of nitrogens with one attached hydrogen (secondary N) is 1. The van der Waals surface area contributed by atoms with Crippen molar-refractivity contribution in [3.8, 4) is 0 Å². The van der Waals surface area contributed by atoms with Gasteiger partial charge in [0.25, 0.3) is 0 Å². The van der Waals surface area contributed by atoms with Gasteiger partial charge in [-0.25, -0.2) is 0 Å². The van der Waals surface area contributed by atoms with Gasteiger partial charge in [-0.3, -0.25) is 14.5 Å². The topological polar surface area (TPSA) is 72.9 Å². The Kier molecular flexibility index (Phi) is 9.21. The van der Waals surface area contributed by atoms with Crippen LogP contribution in [0.15, 0.2) is 60.7 Å². The van der Waals surface area contributed by atoms with E-state index in [2.05, 4.69) is 34.5 Å². The highest BCUT2D eigenvalue weighted by atomic mass is 16.3. The molecule has 6 nitrogen and oxygen atoms in total. The maximum absolute atomic E-state index is 13.0. The number of likely N-dealkylation sites (N-methyl/N-ethyl adjacent to an activating group) is 1. The van der Waals surface area contributed by atoms with Crippen molar-refractivity contribution in [1.82, 2.24) is 15.1 Å². The molecule has 0 fully saturated rings. The standard InChI is InChI=1S/C25H35N3O3/c1-25(2,3)26-22(30)18-27(4)23(31)19-28(16-11-17-29)24(20-12-7-5-8-13-20)21-14-9-6-10-15-21/h5-10,12-15,24,29H,11,16-19H2,1-4H3,(H,26,30). The molecule has 0 heterocycles. The third-order valence-corrected chi connectivity index (χ3v) is 4.86. The van der Waals surface area contributed by atoms with Gasteiger partial charge < -0.3 is 15.3 Å². The van der Waals surface area contributed by atoms with Gasteiger partial charge in [-0.1, -0.05) is 60.7 Å². The molecule has 2 rings (SSSR count). The van der Waals surface area contributed by atoms with E-state index in [0.717, 1.165) is 11.1 Å². The third-order valence-electron chi connectivity index (χ3n) is 4.86. The maximum Gasteiger partial charge on any atom is 0.240 e. The average molecular weight is 426 g/mol. The summed E-state index contributed by atoms with van der Waals surface area (Å²) in [4.78, 5) is 28.8. The van der Waals surface area contributed by atoms with E-state index in [0.29, 0.717) is 13.0 Å². The summed E-state index contributed by atoms with van der Waals surface area (Å²) in [6, 6.07) is 20.0. The third kappa shape index (κ3) is 8.15. The number of nitrogens with zero attached hydrogens (tertiary/aromatic N) is 2. The van der Waals surface area contributed by atoms with E-state index in [1.807, 2.05) is 57.2 Å². The molecule has 0 bridgehead atoms. The molecule has 6 heteroatoms. The molecule has 0 saturated carbocycles. The molecule has 168 valence electrons. The number of benzene rings is 2. The Hall–Kier alpha value is -2.70. The minimum atomic E-state index is -0.347. The molecule has 0 aromatic heterocycles. The van der Waals surface area contributed by atoms with Crippen LogP contribution in [-0.2, 0) is 9.59 Å². The van der Waals surface area contributed by atoms with E-state index in [1.54, 1.807) is 7.05 Å². The predicted octanol–water partition coefficient (Wildman–Crippen LogP) is 2.83. The van der Waals surface area contributed by atoms with Crippen molar-refractivity contribution in [3.05, 3.63) is 71.8 Å². The second kappa shape index (κ2) is 11.6. The van der Waals surface area contributed by atoms with Crippen LogP contribution >= 0.6 is 0 Å². The van der Waals surface area contributed by atoms with Crippen LogP contribution in [0.2, 0.25) is 0 Å². The van der Waals surface area contributed by atoms with E-state index in [4.69, 9.17) is 0 Å². The first-order valence-electron chi connectivity index (χ1n) is 10.7. The van der Waals surface area contributed by atoms with Crippen molar-refractivity contribution in [3.63, 3.8) is 0 Å². The molecule has 2 aromatic rings. The molecule has 0 aliphatic heterocycles. The number of rotatable bonds is 10. The Morgan fingerprint density at radius 1 is 0.935 bits per heavy atom. The van der Waals surface area contributed by atoms with Crippen LogP contribution in [0, 0.1) is 0 Å². The van der Waals surface area contributed by atoms with E-state index in [-0.39, 0.29) is 43.1 Å². The van der Waals surface area contributed by atoms with Crippen molar-refractivity contribution in [2.75, 3.05) is 33.3 Å². The van der Waals surface area contributed by atoms with Gasteiger partial charge >= 0.3 is 0 Å². The molecule has 2 N–H and O–H groups in total. The Morgan fingerprint density at radius 2 is 1.45 bits per heavy atom. The monoisotopic (exact) mass is 425 g/mol. The van der Waals surface area contributed by atoms with Crippen molar-refractivity contribution in [2.24, 2.45) is 0 Å². The average Bonchev–Trinajstić information content (AvgIpc) is 2.72. The molecule has 0 atom stereocenters. The highest BCUT2D eigenvalue weighted by Gasteiger charge is 2.26. The number of carbonyl (C=O) groups excluding carboxylic acids is 2. The summed E-state index contributed by atoms with van der Waals surface area (Å²) in [7, 11) is 1.65. The zero-order chi connectivity index (χ0) is 22.9. The molecule has 0 saturated heterocycles. The minimum absolute atomic E-state index is 0.00524. The van der Waals surface area contributed by atoms with Crippen molar-refractivity contribution >= 4 is 11.8 Å². The van der Waals surface area contributed by atoms with E-state index in [1.165, 1.54) is 4.90 Å². The van der Waals surface area contributed by atoms with Crippen molar-refractivity contribution in [1.29, 1.82) is 0 Å². The van der Waals surface area contributed by atoms with Crippen molar-refractivity contribution in [2.45, 2.75) is 38.8 Å². The first-order chi connectivity index (χ1) is 14.7. The maximum atomic E-state index is 13.0. The van der Waals surface area contributed by atoms with Crippen LogP contribution < -0.4 is 5.32 Å². The van der Waals surface area contributed by atoms with E-state index >= 15 is 0 Å². The summed E-state index contributed by atoms with van der Waals surface area (Å²) in [5.41, 5.74) is 1.81. The molecule has 0 aliphatic rings. The summed E-state index contributed by atoms with van der Waals surface area (Å²) in [5.74, 6) is -0.327. The lowest BCUT2D eigenvalue weighted by Gasteiger charge is -2.33.